The largest absolute Gasteiger partial charge is 0.508 e. The number of carbonyl (C=O) groups is 1. The van der Waals surface area contributed by atoms with Crippen LogP contribution in [0.2, 0.25) is 0 Å². The molecule has 0 amide bonds. The summed E-state index contributed by atoms with van der Waals surface area (Å²) in [6, 6.07) is 2.62. The topological polar surface area (TPSA) is 99.0 Å². The maximum absolute atomic E-state index is 12.3. The number of phenolic OH excluding ortho intramolecular Hbond substituents is 2. The van der Waals surface area contributed by atoms with Gasteiger partial charge in [0.1, 0.15) is 35.5 Å². The van der Waals surface area contributed by atoms with Crippen LogP contribution in [0.5, 0.6) is 17.2 Å². The van der Waals surface area contributed by atoms with Crippen molar-refractivity contribution in [2.45, 2.75) is 46.3 Å². The number of hydrogen-bond acceptors (Lipinski definition) is 6. The second-order valence-corrected chi connectivity index (χ2v) is 6.39. The van der Waals surface area contributed by atoms with E-state index in [0.29, 0.717) is 6.54 Å². The van der Waals surface area contributed by atoms with Gasteiger partial charge < -0.3 is 25.4 Å². The first-order valence-corrected chi connectivity index (χ1v) is 7.84. The first-order valence-electron chi connectivity index (χ1n) is 7.84. The Hall–Kier alpha value is -1.50. The average Bonchev–Trinajstić information content (AvgIpc) is 2.41. The van der Waals surface area contributed by atoms with Gasteiger partial charge in [0, 0.05) is 31.1 Å². The quantitative estimate of drug-likeness (QED) is 0.504. The summed E-state index contributed by atoms with van der Waals surface area (Å²) in [5.74, 6) is -0.572. The number of phenols is 2. The van der Waals surface area contributed by atoms with Crippen molar-refractivity contribution < 1.29 is 24.9 Å². The Balaban J connectivity index is 0.00000529. The molecule has 1 aromatic rings. The number of halogens is 1. The SMILES string of the molecule is CC(C)CC(=O)c1c(O)cc(O)cc1OC[C@@H](O)CNC(C)C.Cl. The van der Waals surface area contributed by atoms with Gasteiger partial charge in [0.05, 0.1) is 0 Å². The zero-order chi connectivity index (χ0) is 17.6. The summed E-state index contributed by atoms with van der Waals surface area (Å²) in [6.45, 7) is 8.02. The zero-order valence-electron chi connectivity index (χ0n) is 14.6. The number of nitrogens with one attached hydrogen (secondary N) is 1. The molecule has 0 radical (unpaired) electrons. The van der Waals surface area contributed by atoms with E-state index in [-0.39, 0.29) is 66.0 Å². The minimum atomic E-state index is -0.769. The molecule has 0 aliphatic carbocycles. The van der Waals surface area contributed by atoms with Crippen molar-refractivity contribution in [2.75, 3.05) is 13.2 Å². The predicted molar refractivity (Wildman–Crippen MR) is 95.4 cm³/mol. The number of ketones is 1. The summed E-state index contributed by atoms with van der Waals surface area (Å²) < 4.78 is 5.46. The van der Waals surface area contributed by atoms with E-state index >= 15 is 0 Å². The van der Waals surface area contributed by atoms with Crippen molar-refractivity contribution in [3.63, 3.8) is 0 Å². The van der Waals surface area contributed by atoms with Gasteiger partial charge in [0.2, 0.25) is 0 Å². The molecule has 0 saturated carbocycles. The summed E-state index contributed by atoms with van der Waals surface area (Å²) in [5, 5.41) is 32.5. The Morgan fingerprint density at radius 3 is 2.38 bits per heavy atom. The summed E-state index contributed by atoms with van der Waals surface area (Å²) in [5.41, 5.74) is 0.0421. The van der Waals surface area contributed by atoms with E-state index in [1.807, 2.05) is 27.7 Å². The number of Topliss-reactive ketones (excluding diaryl/α,β-unsaturated/α-hetero) is 1. The molecule has 0 aromatic heterocycles. The van der Waals surface area contributed by atoms with Crippen LogP contribution in [0, 0.1) is 5.92 Å². The lowest BCUT2D eigenvalue weighted by molar-refractivity contribution is 0.0930. The molecule has 1 aromatic carbocycles. The molecule has 0 saturated heterocycles. The van der Waals surface area contributed by atoms with Crippen LogP contribution in [0.1, 0.15) is 44.5 Å². The lowest BCUT2D eigenvalue weighted by atomic mass is 9.99. The van der Waals surface area contributed by atoms with Gasteiger partial charge >= 0.3 is 0 Å². The first-order chi connectivity index (χ1) is 10.7. The molecule has 4 N–H and O–H groups in total. The number of rotatable bonds is 9. The molecule has 0 aliphatic rings. The fourth-order valence-electron chi connectivity index (χ4n) is 2.07. The van der Waals surface area contributed by atoms with Crippen molar-refractivity contribution in [3.05, 3.63) is 17.7 Å². The van der Waals surface area contributed by atoms with Gasteiger partial charge in [0.15, 0.2) is 5.78 Å². The van der Waals surface area contributed by atoms with Crippen LogP contribution in [0.15, 0.2) is 12.1 Å². The van der Waals surface area contributed by atoms with Gasteiger partial charge in [-0.25, -0.2) is 0 Å². The molecular formula is C17H28ClNO5. The molecule has 0 heterocycles. The fourth-order valence-corrected chi connectivity index (χ4v) is 2.07. The molecule has 0 aliphatic heterocycles. The Morgan fingerprint density at radius 1 is 1.21 bits per heavy atom. The van der Waals surface area contributed by atoms with E-state index in [2.05, 4.69) is 5.32 Å². The third-order valence-electron chi connectivity index (χ3n) is 3.13. The lowest BCUT2D eigenvalue weighted by Gasteiger charge is -2.17. The summed E-state index contributed by atoms with van der Waals surface area (Å²) >= 11 is 0. The second kappa shape index (κ2) is 10.4. The molecule has 1 rings (SSSR count). The summed E-state index contributed by atoms with van der Waals surface area (Å²) in [4.78, 5) is 12.3. The lowest BCUT2D eigenvalue weighted by Crippen LogP contribution is -2.35. The Labute approximate surface area is 149 Å². The molecule has 0 unspecified atom stereocenters. The van der Waals surface area contributed by atoms with Crippen LogP contribution in [-0.4, -0.2) is 46.4 Å². The van der Waals surface area contributed by atoms with E-state index < -0.39 is 6.10 Å². The monoisotopic (exact) mass is 361 g/mol. The number of aromatic hydroxyl groups is 2. The third kappa shape index (κ3) is 7.38. The van der Waals surface area contributed by atoms with Crippen molar-refractivity contribution in [1.29, 1.82) is 0 Å². The van der Waals surface area contributed by atoms with Crippen LogP contribution in [0.25, 0.3) is 0 Å². The minimum Gasteiger partial charge on any atom is -0.508 e. The summed E-state index contributed by atoms with van der Waals surface area (Å²) in [6.07, 6.45) is -0.512. The maximum Gasteiger partial charge on any atom is 0.170 e. The van der Waals surface area contributed by atoms with Gasteiger partial charge in [-0.3, -0.25) is 4.79 Å². The molecule has 24 heavy (non-hydrogen) atoms. The van der Waals surface area contributed by atoms with E-state index in [0.717, 1.165) is 6.07 Å². The fraction of sp³-hybridized carbons (Fsp3) is 0.588. The zero-order valence-corrected chi connectivity index (χ0v) is 15.4. The molecule has 0 fully saturated rings. The number of benzene rings is 1. The third-order valence-corrected chi connectivity index (χ3v) is 3.13. The Kier molecular flexibility index (Phi) is 9.73. The van der Waals surface area contributed by atoms with E-state index in [4.69, 9.17) is 4.74 Å². The minimum absolute atomic E-state index is 0. The highest BCUT2D eigenvalue weighted by molar-refractivity contribution is 6.01. The molecule has 0 bridgehead atoms. The number of aliphatic hydroxyl groups excluding tert-OH is 1. The second-order valence-electron chi connectivity index (χ2n) is 6.39. The van der Waals surface area contributed by atoms with Gasteiger partial charge in [-0.2, -0.15) is 0 Å². The highest BCUT2D eigenvalue weighted by Gasteiger charge is 2.21. The van der Waals surface area contributed by atoms with Crippen LogP contribution >= 0.6 is 12.4 Å². The van der Waals surface area contributed by atoms with E-state index in [1.165, 1.54) is 6.07 Å². The maximum atomic E-state index is 12.3. The molecule has 6 nitrogen and oxygen atoms in total. The van der Waals surface area contributed by atoms with Crippen LogP contribution < -0.4 is 10.1 Å². The molecule has 7 heteroatoms. The first kappa shape index (κ1) is 22.5. The standard InChI is InChI=1S/C17H27NO5.ClH/c1-10(2)5-14(21)17-15(22)6-12(19)7-16(17)23-9-13(20)8-18-11(3)4;/h6-7,10-11,13,18-20,22H,5,8-9H2,1-4H3;1H/t13-;/m0./s1. The number of ether oxygens (including phenoxy) is 1. The molecule has 0 spiro atoms. The van der Waals surface area contributed by atoms with Crippen LogP contribution in [0.3, 0.4) is 0 Å². The molecular weight excluding hydrogens is 334 g/mol. The molecule has 138 valence electrons. The van der Waals surface area contributed by atoms with E-state index in [9.17, 15) is 20.1 Å². The van der Waals surface area contributed by atoms with Crippen molar-refractivity contribution in [3.8, 4) is 17.2 Å². The number of hydrogen-bond donors (Lipinski definition) is 4. The average molecular weight is 362 g/mol. The predicted octanol–water partition coefficient (Wildman–Crippen LogP) is 2.49. The normalized spacial score (nSPS) is 12.1. The Morgan fingerprint density at radius 2 is 1.83 bits per heavy atom. The van der Waals surface area contributed by atoms with Crippen LogP contribution in [-0.2, 0) is 0 Å². The number of carbonyl (C=O) groups excluding carboxylic acids is 1. The summed E-state index contributed by atoms with van der Waals surface area (Å²) in [7, 11) is 0. The Bertz CT molecular complexity index is 534. The highest BCUT2D eigenvalue weighted by atomic mass is 35.5. The molecule has 1 atom stereocenters. The highest BCUT2D eigenvalue weighted by Crippen LogP contribution is 2.34. The van der Waals surface area contributed by atoms with Crippen molar-refractivity contribution in [1.82, 2.24) is 5.32 Å². The van der Waals surface area contributed by atoms with Crippen molar-refractivity contribution in [2.24, 2.45) is 5.92 Å². The van der Waals surface area contributed by atoms with Crippen molar-refractivity contribution >= 4 is 18.2 Å². The van der Waals surface area contributed by atoms with Gasteiger partial charge in [-0.05, 0) is 5.92 Å². The van der Waals surface area contributed by atoms with Gasteiger partial charge in [-0.1, -0.05) is 27.7 Å². The van der Waals surface area contributed by atoms with Gasteiger partial charge in [-0.15, -0.1) is 12.4 Å². The van der Waals surface area contributed by atoms with Gasteiger partial charge in [0.25, 0.3) is 0 Å². The number of aliphatic hydroxyl groups is 1. The van der Waals surface area contributed by atoms with Crippen LogP contribution in [0.4, 0.5) is 0 Å². The van der Waals surface area contributed by atoms with E-state index in [1.54, 1.807) is 0 Å². The smallest absolute Gasteiger partial charge is 0.170 e.